The van der Waals surface area contributed by atoms with E-state index in [4.69, 9.17) is 0 Å². The first kappa shape index (κ1) is 18.5. The van der Waals surface area contributed by atoms with Crippen LogP contribution in [-0.4, -0.2) is 32.5 Å². The van der Waals surface area contributed by atoms with Crippen LogP contribution in [0.15, 0.2) is 72.8 Å². The summed E-state index contributed by atoms with van der Waals surface area (Å²) in [7, 11) is 3.42. The highest BCUT2D eigenvalue weighted by Gasteiger charge is 2.22. The van der Waals surface area contributed by atoms with Crippen LogP contribution >= 0.6 is 0 Å². The van der Waals surface area contributed by atoms with E-state index in [1.54, 1.807) is 7.05 Å². The van der Waals surface area contributed by atoms with E-state index in [-0.39, 0.29) is 18.4 Å². The molecule has 3 aromatic carbocycles. The van der Waals surface area contributed by atoms with E-state index in [2.05, 4.69) is 22.8 Å². The van der Waals surface area contributed by atoms with Crippen LogP contribution in [0.3, 0.4) is 0 Å². The molecule has 2 amide bonds. The van der Waals surface area contributed by atoms with E-state index in [9.17, 15) is 9.59 Å². The first-order valence-corrected chi connectivity index (χ1v) is 8.84. The average Bonchev–Trinajstić information content (AvgIpc) is 2.71. The van der Waals surface area contributed by atoms with E-state index < -0.39 is 6.04 Å². The summed E-state index contributed by atoms with van der Waals surface area (Å²) < 4.78 is 0. The summed E-state index contributed by atoms with van der Waals surface area (Å²) in [6.45, 7) is 0.151. The van der Waals surface area contributed by atoms with E-state index in [0.29, 0.717) is 0 Å². The first-order chi connectivity index (χ1) is 13.1. The van der Waals surface area contributed by atoms with E-state index in [1.165, 1.54) is 0 Å². The zero-order valence-corrected chi connectivity index (χ0v) is 15.5. The van der Waals surface area contributed by atoms with Gasteiger partial charge < -0.3 is 15.5 Å². The predicted molar refractivity (Wildman–Crippen MR) is 109 cm³/mol. The molecule has 138 valence electrons. The van der Waals surface area contributed by atoms with Crippen molar-refractivity contribution in [2.75, 3.05) is 25.5 Å². The van der Waals surface area contributed by atoms with Crippen molar-refractivity contribution in [2.45, 2.75) is 6.04 Å². The molecule has 27 heavy (non-hydrogen) atoms. The summed E-state index contributed by atoms with van der Waals surface area (Å²) in [5, 5.41) is 7.71. The maximum absolute atomic E-state index is 12.6. The minimum Gasteiger partial charge on any atom is -0.365 e. The predicted octanol–water partition coefficient (Wildman–Crippen LogP) is 2.88. The van der Waals surface area contributed by atoms with Crippen LogP contribution in [0.2, 0.25) is 0 Å². The van der Waals surface area contributed by atoms with Crippen molar-refractivity contribution >= 4 is 28.3 Å². The van der Waals surface area contributed by atoms with Gasteiger partial charge in [-0.05, 0) is 28.5 Å². The lowest BCUT2D eigenvalue weighted by atomic mass is 10.1. The van der Waals surface area contributed by atoms with Crippen LogP contribution in [0.25, 0.3) is 10.8 Å². The van der Waals surface area contributed by atoms with Crippen molar-refractivity contribution in [1.82, 2.24) is 10.6 Å². The average molecular weight is 361 g/mol. The highest BCUT2D eigenvalue weighted by molar-refractivity contribution is 5.91. The number of benzene rings is 3. The molecule has 1 atom stereocenters. The Bertz CT molecular complexity index is 940. The van der Waals surface area contributed by atoms with Crippen molar-refractivity contribution in [1.29, 1.82) is 0 Å². The number of nitrogens with one attached hydrogen (secondary N) is 2. The summed E-state index contributed by atoms with van der Waals surface area (Å²) >= 11 is 0. The number of anilines is 1. The molecule has 3 rings (SSSR count). The number of rotatable bonds is 6. The third kappa shape index (κ3) is 4.44. The summed E-state index contributed by atoms with van der Waals surface area (Å²) in [6, 6.07) is 22.7. The summed E-state index contributed by atoms with van der Waals surface area (Å²) in [5.41, 5.74) is 1.69. The third-order valence-corrected chi connectivity index (χ3v) is 4.50. The number of hydrogen-bond acceptors (Lipinski definition) is 3. The van der Waals surface area contributed by atoms with E-state index in [1.807, 2.05) is 72.6 Å². The lowest BCUT2D eigenvalue weighted by Gasteiger charge is -2.22. The molecule has 0 saturated heterocycles. The minimum absolute atomic E-state index is 0.151. The molecule has 0 spiro atoms. The SMILES string of the molecule is CNC(=O)C(NC(=O)CN(C)c1ccc2ccccc2c1)c1ccccc1. The van der Waals surface area contributed by atoms with Crippen molar-refractivity contribution in [3.05, 3.63) is 78.4 Å². The third-order valence-electron chi connectivity index (χ3n) is 4.50. The topological polar surface area (TPSA) is 61.4 Å². The van der Waals surface area contributed by atoms with Crippen LogP contribution in [-0.2, 0) is 9.59 Å². The fourth-order valence-electron chi connectivity index (χ4n) is 3.02. The fraction of sp³-hybridized carbons (Fsp3) is 0.182. The number of nitrogens with zero attached hydrogens (tertiary/aromatic N) is 1. The van der Waals surface area contributed by atoms with Gasteiger partial charge >= 0.3 is 0 Å². The second-order valence-corrected chi connectivity index (χ2v) is 6.41. The molecule has 5 nitrogen and oxygen atoms in total. The second-order valence-electron chi connectivity index (χ2n) is 6.41. The Morgan fingerprint density at radius 1 is 0.926 bits per heavy atom. The van der Waals surface area contributed by atoms with Crippen LogP contribution in [0.5, 0.6) is 0 Å². The highest BCUT2D eigenvalue weighted by atomic mass is 16.2. The molecule has 0 aliphatic carbocycles. The highest BCUT2D eigenvalue weighted by Crippen LogP contribution is 2.21. The zero-order valence-electron chi connectivity index (χ0n) is 15.5. The van der Waals surface area contributed by atoms with Crippen molar-refractivity contribution in [2.24, 2.45) is 0 Å². The van der Waals surface area contributed by atoms with Gasteiger partial charge in [0.05, 0.1) is 6.54 Å². The Hall–Kier alpha value is -3.34. The number of fused-ring (bicyclic) bond motifs is 1. The molecule has 5 heteroatoms. The molecule has 3 aromatic rings. The van der Waals surface area contributed by atoms with Crippen LogP contribution in [0, 0.1) is 0 Å². The normalized spacial score (nSPS) is 11.6. The molecule has 0 heterocycles. The second kappa shape index (κ2) is 8.36. The Kier molecular flexibility index (Phi) is 5.71. The van der Waals surface area contributed by atoms with Gasteiger partial charge in [0.15, 0.2) is 0 Å². The van der Waals surface area contributed by atoms with Gasteiger partial charge in [-0.1, -0.05) is 60.7 Å². The number of carbonyl (C=O) groups excluding carboxylic acids is 2. The minimum atomic E-state index is -0.714. The molecule has 0 bridgehead atoms. The number of amides is 2. The van der Waals surface area contributed by atoms with E-state index in [0.717, 1.165) is 22.0 Å². The first-order valence-electron chi connectivity index (χ1n) is 8.84. The van der Waals surface area contributed by atoms with Crippen molar-refractivity contribution < 1.29 is 9.59 Å². The van der Waals surface area contributed by atoms with Gasteiger partial charge in [0.25, 0.3) is 0 Å². The van der Waals surface area contributed by atoms with Gasteiger partial charge in [-0.15, -0.1) is 0 Å². The number of carbonyl (C=O) groups is 2. The smallest absolute Gasteiger partial charge is 0.246 e. The van der Waals surface area contributed by atoms with Crippen molar-refractivity contribution in [3.8, 4) is 0 Å². The van der Waals surface area contributed by atoms with Gasteiger partial charge in [-0.3, -0.25) is 9.59 Å². The molecule has 0 saturated carbocycles. The van der Waals surface area contributed by atoms with Gasteiger partial charge in [0.1, 0.15) is 6.04 Å². The maximum Gasteiger partial charge on any atom is 0.246 e. The van der Waals surface area contributed by atoms with Crippen LogP contribution in [0.4, 0.5) is 5.69 Å². The molecule has 2 N–H and O–H groups in total. The number of likely N-dealkylation sites (N-methyl/N-ethyl adjacent to an activating group) is 2. The fourth-order valence-corrected chi connectivity index (χ4v) is 3.02. The summed E-state index contributed by atoms with van der Waals surface area (Å²) in [6.07, 6.45) is 0. The molecular formula is C22H23N3O2. The van der Waals surface area contributed by atoms with Crippen molar-refractivity contribution in [3.63, 3.8) is 0 Å². The van der Waals surface area contributed by atoms with Gasteiger partial charge in [0, 0.05) is 19.8 Å². The van der Waals surface area contributed by atoms with E-state index >= 15 is 0 Å². The molecule has 0 aromatic heterocycles. The maximum atomic E-state index is 12.6. The van der Waals surface area contributed by atoms with Gasteiger partial charge in [0.2, 0.25) is 11.8 Å². The summed E-state index contributed by atoms with van der Waals surface area (Å²) in [5.74, 6) is -0.467. The Morgan fingerprint density at radius 3 is 2.30 bits per heavy atom. The molecule has 0 radical (unpaired) electrons. The van der Waals surface area contributed by atoms with Crippen LogP contribution < -0.4 is 15.5 Å². The monoisotopic (exact) mass is 361 g/mol. The standard InChI is InChI=1S/C22H23N3O2/c1-23-22(27)21(17-9-4-3-5-10-17)24-20(26)15-25(2)19-13-12-16-8-6-7-11-18(16)14-19/h3-14,21H,15H2,1-2H3,(H,23,27)(H,24,26). The Labute approximate surface area is 159 Å². The van der Waals surface area contributed by atoms with Gasteiger partial charge in [-0.2, -0.15) is 0 Å². The summed E-state index contributed by atoms with van der Waals surface area (Å²) in [4.78, 5) is 26.6. The molecule has 0 fully saturated rings. The zero-order chi connectivity index (χ0) is 19.2. The Balaban J connectivity index is 1.71. The molecule has 0 aliphatic rings. The van der Waals surface area contributed by atoms with Crippen LogP contribution in [0.1, 0.15) is 11.6 Å². The quantitative estimate of drug-likeness (QED) is 0.710. The molecule has 0 aliphatic heterocycles. The Morgan fingerprint density at radius 2 is 1.59 bits per heavy atom. The molecule has 1 unspecified atom stereocenters. The largest absolute Gasteiger partial charge is 0.365 e. The van der Waals surface area contributed by atoms with Gasteiger partial charge in [-0.25, -0.2) is 0 Å². The lowest BCUT2D eigenvalue weighted by Crippen LogP contribution is -2.43. The molecular weight excluding hydrogens is 338 g/mol. The number of hydrogen-bond donors (Lipinski definition) is 2. The lowest BCUT2D eigenvalue weighted by molar-refractivity contribution is -0.128.